The normalized spacial score (nSPS) is 12.5. The molecule has 0 amide bonds. The first-order valence-electron chi connectivity index (χ1n) is 16.9. The van der Waals surface area contributed by atoms with E-state index in [0.29, 0.717) is 5.54 Å². The van der Waals surface area contributed by atoms with Gasteiger partial charge in [-0.3, -0.25) is 0 Å². The Labute approximate surface area is 261 Å². The fourth-order valence-electron chi connectivity index (χ4n) is 5.81. The zero-order valence-corrected chi connectivity index (χ0v) is 29.6. The molecular weight excluding hydrogens is 542 g/mol. The molecule has 1 aromatic carbocycles. The summed E-state index contributed by atoms with van der Waals surface area (Å²) >= 11 is 0. The number of unbranched alkanes of at least 4 members (excludes halogenated alkanes) is 17. The topological polar surface area (TPSA) is 67.8 Å². The average Bonchev–Trinajstić information content (AvgIpc) is 2.98. The van der Waals surface area contributed by atoms with Crippen LogP contribution in [0.5, 0.6) is 0 Å². The minimum Gasteiger partial charge on any atom is -0.545 e. The van der Waals surface area contributed by atoms with E-state index in [2.05, 4.69) is 27.9 Å². The summed E-state index contributed by atoms with van der Waals surface area (Å²) in [5.41, 5.74) is 0.514. The number of carboxylic acids is 1. The molecule has 0 heterocycles. The summed E-state index contributed by atoms with van der Waals surface area (Å²) in [7, 11) is 7.25. The molecule has 1 aromatic rings. The Morgan fingerprint density at radius 3 is 1.36 bits per heavy atom. The molecule has 0 fully saturated rings. The van der Waals surface area contributed by atoms with Gasteiger partial charge in [-0.25, -0.2) is 0 Å². The maximum absolute atomic E-state index is 10.1. The van der Waals surface area contributed by atoms with Crippen molar-refractivity contribution in [1.82, 2.24) is 0 Å². The molecule has 6 nitrogen and oxygen atoms in total. The third kappa shape index (κ3) is 20.6. The standard InChI is InChI=1S/C28H62NO3Si.C7H6O2/c1-8-9-10-11-12-13-14-15-16-17-18-19-20-21-22-23-24-25-26-29(3,4)27-28(2)33(30-5,31-6)32-7;8-7(9)6-4-2-1-3-5-6/h28H,8-27H2,1-7H3;1-5H,(H,8,9)/q+1;/p-1. The van der Waals surface area contributed by atoms with Crippen molar-refractivity contribution in [1.29, 1.82) is 0 Å². The first-order chi connectivity index (χ1) is 20.2. The number of nitrogens with zero attached hydrogens (tertiary/aromatic N) is 1. The van der Waals surface area contributed by atoms with Gasteiger partial charge in [-0.05, 0) is 18.4 Å². The third-order valence-corrected chi connectivity index (χ3v) is 11.4. The number of aromatic carboxylic acids is 1. The van der Waals surface area contributed by atoms with E-state index in [9.17, 15) is 9.90 Å². The average molecular weight is 610 g/mol. The van der Waals surface area contributed by atoms with Crippen molar-refractivity contribution in [2.75, 3.05) is 48.5 Å². The molecule has 0 bridgehead atoms. The van der Waals surface area contributed by atoms with E-state index in [4.69, 9.17) is 13.3 Å². The lowest BCUT2D eigenvalue weighted by molar-refractivity contribution is -0.890. The zero-order chi connectivity index (χ0) is 31.5. The smallest absolute Gasteiger partial charge is 0.508 e. The number of quaternary nitrogens is 1. The number of carbonyl (C=O) groups excluding carboxylic acids is 1. The summed E-state index contributed by atoms with van der Waals surface area (Å²) in [5.74, 6) is -1.13. The third-order valence-electron chi connectivity index (χ3n) is 8.35. The Balaban J connectivity index is 0.00000157. The Bertz CT molecular complexity index is 734. The van der Waals surface area contributed by atoms with Crippen molar-refractivity contribution in [3.05, 3.63) is 35.9 Å². The van der Waals surface area contributed by atoms with E-state index in [1.165, 1.54) is 134 Å². The minimum atomic E-state index is -2.54. The lowest BCUT2D eigenvalue weighted by atomic mass is 10.0. The van der Waals surface area contributed by atoms with Gasteiger partial charge in [0, 0.05) is 21.3 Å². The molecule has 7 heteroatoms. The number of hydrogen-bond donors (Lipinski definition) is 0. The first-order valence-corrected chi connectivity index (χ1v) is 18.7. The highest BCUT2D eigenvalue weighted by molar-refractivity contribution is 6.62. The quantitative estimate of drug-likeness (QED) is 0.0599. The highest BCUT2D eigenvalue weighted by Crippen LogP contribution is 2.26. The molecule has 42 heavy (non-hydrogen) atoms. The number of benzene rings is 1. The molecule has 0 spiro atoms. The highest BCUT2D eigenvalue weighted by Gasteiger charge is 2.47. The lowest BCUT2D eigenvalue weighted by Crippen LogP contribution is -2.53. The Morgan fingerprint density at radius 1 is 0.690 bits per heavy atom. The van der Waals surface area contributed by atoms with Gasteiger partial charge in [0.2, 0.25) is 0 Å². The van der Waals surface area contributed by atoms with E-state index in [1.54, 1.807) is 39.5 Å². The minimum absolute atomic E-state index is 0.220. The summed E-state index contributed by atoms with van der Waals surface area (Å²) in [5, 5.41) is 10.1. The van der Waals surface area contributed by atoms with E-state index in [-0.39, 0.29) is 5.56 Å². The molecule has 0 aliphatic carbocycles. The molecule has 1 atom stereocenters. The molecule has 1 rings (SSSR count). The van der Waals surface area contributed by atoms with E-state index in [1.807, 2.05) is 0 Å². The van der Waals surface area contributed by atoms with Crippen LogP contribution in [0.25, 0.3) is 0 Å². The second-order valence-corrected chi connectivity index (χ2v) is 16.0. The van der Waals surface area contributed by atoms with Crippen molar-refractivity contribution in [3.8, 4) is 0 Å². The van der Waals surface area contributed by atoms with Crippen molar-refractivity contribution >= 4 is 14.8 Å². The van der Waals surface area contributed by atoms with E-state index < -0.39 is 14.8 Å². The number of carboxylic acid groups (broad SMARTS) is 1. The van der Waals surface area contributed by atoms with E-state index >= 15 is 0 Å². The molecule has 0 radical (unpaired) electrons. The lowest BCUT2D eigenvalue weighted by Gasteiger charge is -2.37. The summed E-state index contributed by atoms with van der Waals surface area (Å²) in [6.45, 7) is 6.74. The van der Waals surface area contributed by atoms with Gasteiger partial charge in [-0.1, -0.05) is 147 Å². The van der Waals surface area contributed by atoms with Gasteiger partial charge in [0.05, 0.1) is 38.7 Å². The Morgan fingerprint density at radius 2 is 1.05 bits per heavy atom. The van der Waals surface area contributed by atoms with Gasteiger partial charge >= 0.3 is 8.80 Å². The molecule has 0 aromatic heterocycles. The number of rotatable bonds is 26. The number of carbonyl (C=O) groups is 1. The SMILES string of the molecule is CCCCCCCCCCCCCCCCCCCC[N+](C)(C)CC(C)[Si](OC)(OC)OC.O=C([O-])c1ccccc1. The van der Waals surface area contributed by atoms with Gasteiger partial charge in [0.15, 0.2) is 0 Å². The predicted octanol–water partition coefficient (Wildman–Crippen LogP) is 8.42. The molecule has 0 N–H and O–H groups in total. The highest BCUT2D eigenvalue weighted by atomic mass is 28.4. The Hall–Kier alpha value is -1.25. The fourth-order valence-corrected chi connectivity index (χ4v) is 8.24. The molecule has 0 saturated heterocycles. The first kappa shape index (κ1) is 40.7. The molecule has 246 valence electrons. The maximum atomic E-state index is 10.1. The van der Waals surface area contributed by atoms with Gasteiger partial charge in [-0.2, -0.15) is 0 Å². The fraction of sp³-hybridized carbons (Fsp3) is 0.800. The van der Waals surface area contributed by atoms with Crippen LogP contribution in [0.3, 0.4) is 0 Å². The molecule has 0 aliphatic heterocycles. The van der Waals surface area contributed by atoms with Gasteiger partial charge in [0.1, 0.15) is 0 Å². The number of hydrogen-bond acceptors (Lipinski definition) is 5. The monoisotopic (exact) mass is 609 g/mol. The molecule has 0 saturated carbocycles. The largest absolute Gasteiger partial charge is 0.545 e. The van der Waals surface area contributed by atoms with Crippen molar-refractivity contribution in [3.63, 3.8) is 0 Å². The van der Waals surface area contributed by atoms with Gasteiger partial charge in [-0.15, -0.1) is 0 Å². The van der Waals surface area contributed by atoms with Crippen LogP contribution in [0, 0.1) is 0 Å². The van der Waals surface area contributed by atoms with Crippen molar-refractivity contribution in [2.45, 2.75) is 135 Å². The summed E-state index contributed by atoms with van der Waals surface area (Å²) in [6.07, 6.45) is 25.7. The van der Waals surface area contributed by atoms with Gasteiger partial charge in [0.25, 0.3) is 0 Å². The molecule has 0 aliphatic rings. The van der Waals surface area contributed by atoms with Crippen LogP contribution in [0.4, 0.5) is 0 Å². The summed E-state index contributed by atoms with van der Waals surface area (Å²) < 4.78 is 18.0. The van der Waals surface area contributed by atoms with Crippen LogP contribution in [-0.4, -0.2) is 67.8 Å². The maximum Gasteiger partial charge on any atom is 0.508 e. The Kier molecular flexibility index (Phi) is 25.4. The van der Waals surface area contributed by atoms with Crippen LogP contribution < -0.4 is 5.11 Å². The van der Waals surface area contributed by atoms with Crippen LogP contribution in [0.2, 0.25) is 5.54 Å². The summed E-state index contributed by atoms with van der Waals surface area (Å²) in [4.78, 5) is 10.1. The molecule has 1 unspecified atom stereocenters. The van der Waals surface area contributed by atoms with Crippen molar-refractivity contribution < 1.29 is 27.7 Å². The predicted molar refractivity (Wildman–Crippen MR) is 178 cm³/mol. The van der Waals surface area contributed by atoms with Gasteiger partial charge < -0.3 is 27.7 Å². The van der Waals surface area contributed by atoms with Crippen LogP contribution in [-0.2, 0) is 13.3 Å². The second-order valence-electron chi connectivity index (χ2n) is 12.6. The van der Waals surface area contributed by atoms with Crippen LogP contribution in [0.1, 0.15) is 140 Å². The molecular formula is C35H67NO5Si. The van der Waals surface area contributed by atoms with E-state index in [0.717, 1.165) is 11.0 Å². The van der Waals surface area contributed by atoms with Crippen LogP contribution in [0.15, 0.2) is 30.3 Å². The second kappa shape index (κ2) is 26.2. The summed E-state index contributed by atoms with van der Waals surface area (Å²) in [6, 6.07) is 8.06. The van der Waals surface area contributed by atoms with Crippen molar-refractivity contribution in [2.24, 2.45) is 0 Å². The van der Waals surface area contributed by atoms with Crippen LogP contribution >= 0.6 is 0 Å². The zero-order valence-electron chi connectivity index (χ0n) is 28.6.